The molecule has 1 fully saturated rings. The van der Waals surface area contributed by atoms with Crippen LogP contribution in [0.25, 0.3) is 0 Å². The SMILES string of the molecule is O=C(NCCOc1ccccc1)c1cccc(NC2CCC(O)CC2)n1. The third-order valence-electron chi connectivity index (χ3n) is 4.43. The Labute approximate surface area is 153 Å². The highest BCUT2D eigenvalue weighted by Crippen LogP contribution is 2.21. The van der Waals surface area contributed by atoms with E-state index in [0.717, 1.165) is 31.4 Å². The lowest BCUT2D eigenvalue weighted by atomic mass is 9.93. The number of aliphatic hydroxyl groups excluding tert-OH is 1. The Morgan fingerprint density at radius 1 is 1.08 bits per heavy atom. The predicted molar refractivity (Wildman–Crippen MR) is 100 cm³/mol. The van der Waals surface area contributed by atoms with Crippen molar-refractivity contribution in [2.45, 2.75) is 37.8 Å². The van der Waals surface area contributed by atoms with Gasteiger partial charge in [-0.15, -0.1) is 0 Å². The summed E-state index contributed by atoms with van der Waals surface area (Å²) >= 11 is 0. The number of hydrogen-bond acceptors (Lipinski definition) is 5. The first-order valence-corrected chi connectivity index (χ1v) is 9.08. The van der Waals surface area contributed by atoms with E-state index in [4.69, 9.17) is 4.74 Å². The molecule has 1 aliphatic rings. The summed E-state index contributed by atoms with van der Waals surface area (Å²) in [6.45, 7) is 0.811. The lowest BCUT2D eigenvalue weighted by Gasteiger charge is -2.26. The van der Waals surface area contributed by atoms with E-state index in [9.17, 15) is 9.90 Å². The van der Waals surface area contributed by atoms with E-state index in [-0.39, 0.29) is 12.0 Å². The van der Waals surface area contributed by atoms with Gasteiger partial charge in [-0.25, -0.2) is 4.98 Å². The van der Waals surface area contributed by atoms with Crippen LogP contribution in [0.5, 0.6) is 5.75 Å². The van der Waals surface area contributed by atoms with Gasteiger partial charge < -0.3 is 20.5 Å². The summed E-state index contributed by atoms with van der Waals surface area (Å²) in [7, 11) is 0. The van der Waals surface area contributed by atoms with Crippen molar-refractivity contribution in [1.29, 1.82) is 0 Å². The number of carbonyl (C=O) groups is 1. The van der Waals surface area contributed by atoms with E-state index < -0.39 is 0 Å². The molecular weight excluding hydrogens is 330 g/mol. The first-order valence-electron chi connectivity index (χ1n) is 9.08. The van der Waals surface area contributed by atoms with Crippen LogP contribution in [0.3, 0.4) is 0 Å². The second-order valence-electron chi connectivity index (χ2n) is 6.48. The zero-order valence-corrected chi connectivity index (χ0v) is 14.7. The van der Waals surface area contributed by atoms with Crippen molar-refractivity contribution < 1.29 is 14.6 Å². The normalized spacial score (nSPS) is 19.6. The summed E-state index contributed by atoms with van der Waals surface area (Å²) in [5.74, 6) is 1.26. The fraction of sp³-hybridized carbons (Fsp3) is 0.400. The van der Waals surface area contributed by atoms with E-state index in [1.807, 2.05) is 42.5 Å². The number of amides is 1. The maximum Gasteiger partial charge on any atom is 0.270 e. The Balaban J connectivity index is 1.45. The highest BCUT2D eigenvalue weighted by atomic mass is 16.5. The number of anilines is 1. The van der Waals surface area contributed by atoms with Crippen LogP contribution in [0, 0.1) is 0 Å². The molecule has 0 spiro atoms. The number of aromatic nitrogens is 1. The van der Waals surface area contributed by atoms with E-state index in [0.29, 0.717) is 30.7 Å². The first-order chi connectivity index (χ1) is 12.7. The van der Waals surface area contributed by atoms with Crippen molar-refractivity contribution in [3.05, 3.63) is 54.2 Å². The van der Waals surface area contributed by atoms with Crippen LogP contribution in [0.1, 0.15) is 36.2 Å². The zero-order chi connectivity index (χ0) is 18.2. The number of nitrogens with zero attached hydrogens (tertiary/aromatic N) is 1. The predicted octanol–water partition coefficient (Wildman–Crippen LogP) is 2.61. The van der Waals surface area contributed by atoms with Crippen LogP contribution < -0.4 is 15.4 Å². The largest absolute Gasteiger partial charge is 0.492 e. The molecule has 0 unspecified atom stereocenters. The van der Waals surface area contributed by atoms with Gasteiger partial charge in [0.05, 0.1) is 12.6 Å². The molecule has 1 aliphatic carbocycles. The van der Waals surface area contributed by atoms with Crippen molar-refractivity contribution in [1.82, 2.24) is 10.3 Å². The average molecular weight is 355 g/mol. The molecule has 138 valence electrons. The average Bonchev–Trinajstić information content (AvgIpc) is 2.68. The second kappa shape index (κ2) is 9.20. The number of benzene rings is 1. The highest BCUT2D eigenvalue weighted by molar-refractivity contribution is 5.92. The van der Waals surface area contributed by atoms with Crippen LogP contribution >= 0.6 is 0 Å². The minimum Gasteiger partial charge on any atom is -0.492 e. The molecule has 26 heavy (non-hydrogen) atoms. The fourth-order valence-corrected chi connectivity index (χ4v) is 3.01. The molecule has 0 atom stereocenters. The molecule has 0 bridgehead atoms. The molecule has 6 nitrogen and oxygen atoms in total. The van der Waals surface area contributed by atoms with Crippen LogP contribution in [0.4, 0.5) is 5.82 Å². The maximum absolute atomic E-state index is 12.3. The topological polar surface area (TPSA) is 83.5 Å². The third kappa shape index (κ3) is 5.46. The van der Waals surface area contributed by atoms with E-state index in [2.05, 4.69) is 15.6 Å². The van der Waals surface area contributed by atoms with Gasteiger partial charge in [0.15, 0.2) is 0 Å². The minimum absolute atomic E-state index is 0.184. The minimum atomic E-state index is -0.218. The van der Waals surface area contributed by atoms with Gasteiger partial charge in [-0.1, -0.05) is 24.3 Å². The van der Waals surface area contributed by atoms with E-state index in [1.165, 1.54) is 0 Å². The smallest absolute Gasteiger partial charge is 0.270 e. The van der Waals surface area contributed by atoms with Crippen molar-refractivity contribution in [3.63, 3.8) is 0 Å². The van der Waals surface area contributed by atoms with E-state index >= 15 is 0 Å². The zero-order valence-electron chi connectivity index (χ0n) is 14.7. The van der Waals surface area contributed by atoms with Crippen molar-refractivity contribution in [3.8, 4) is 5.75 Å². The number of nitrogens with one attached hydrogen (secondary N) is 2. The second-order valence-corrected chi connectivity index (χ2v) is 6.48. The standard InChI is InChI=1S/C20H25N3O3/c24-16-11-9-15(10-12-16)22-19-8-4-7-18(23-19)20(25)21-13-14-26-17-5-2-1-3-6-17/h1-8,15-16,24H,9-14H2,(H,21,25)(H,22,23). The molecular formula is C20H25N3O3. The number of aliphatic hydroxyl groups is 1. The van der Waals surface area contributed by atoms with Crippen LogP contribution in [-0.2, 0) is 0 Å². The number of pyridine rings is 1. The van der Waals surface area contributed by atoms with Crippen molar-refractivity contribution >= 4 is 11.7 Å². The summed E-state index contributed by atoms with van der Waals surface area (Å²) in [4.78, 5) is 16.6. The Bertz CT molecular complexity index is 700. The molecule has 0 aliphatic heterocycles. The molecule has 2 aromatic rings. The molecule has 1 saturated carbocycles. The van der Waals surface area contributed by atoms with Gasteiger partial charge in [0.25, 0.3) is 5.91 Å². The fourth-order valence-electron chi connectivity index (χ4n) is 3.01. The van der Waals surface area contributed by atoms with Crippen molar-refractivity contribution in [2.24, 2.45) is 0 Å². The molecule has 0 saturated heterocycles. The summed E-state index contributed by atoms with van der Waals surface area (Å²) in [6.07, 6.45) is 3.25. The van der Waals surface area contributed by atoms with Crippen LogP contribution in [-0.4, -0.2) is 41.3 Å². The Morgan fingerprint density at radius 2 is 1.85 bits per heavy atom. The molecule has 1 aromatic heterocycles. The molecule has 0 radical (unpaired) electrons. The maximum atomic E-state index is 12.3. The van der Waals surface area contributed by atoms with Gasteiger partial charge in [-0.2, -0.15) is 0 Å². The van der Waals surface area contributed by atoms with Crippen LogP contribution in [0.2, 0.25) is 0 Å². The number of ether oxygens (including phenoxy) is 1. The monoisotopic (exact) mass is 355 g/mol. The summed E-state index contributed by atoms with van der Waals surface area (Å²) in [5, 5.41) is 15.8. The Kier molecular flexibility index (Phi) is 6.44. The van der Waals surface area contributed by atoms with Gasteiger partial charge in [0.1, 0.15) is 23.9 Å². The molecule has 6 heteroatoms. The first kappa shape index (κ1) is 18.2. The molecule has 1 amide bonds. The van der Waals surface area contributed by atoms with Gasteiger partial charge in [0.2, 0.25) is 0 Å². The van der Waals surface area contributed by atoms with Gasteiger partial charge in [0, 0.05) is 6.04 Å². The lowest BCUT2D eigenvalue weighted by molar-refractivity contribution is 0.0942. The molecule has 1 aromatic carbocycles. The van der Waals surface area contributed by atoms with Crippen LogP contribution in [0.15, 0.2) is 48.5 Å². The number of para-hydroxylation sites is 1. The number of hydrogen-bond donors (Lipinski definition) is 3. The quantitative estimate of drug-likeness (QED) is 0.665. The Morgan fingerprint density at radius 3 is 2.62 bits per heavy atom. The molecule has 3 rings (SSSR count). The lowest BCUT2D eigenvalue weighted by Crippen LogP contribution is -2.30. The third-order valence-corrected chi connectivity index (χ3v) is 4.43. The summed E-state index contributed by atoms with van der Waals surface area (Å²) < 4.78 is 5.56. The van der Waals surface area contributed by atoms with E-state index in [1.54, 1.807) is 6.07 Å². The highest BCUT2D eigenvalue weighted by Gasteiger charge is 2.19. The van der Waals surface area contributed by atoms with Crippen molar-refractivity contribution in [2.75, 3.05) is 18.5 Å². The number of rotatable bonds is 7. The number of carbonyl (C=O) groups excluding carboxylic acids is 1. The van der Waals surface area contributed by atoms with Gasteiger partial charge in [-0.3, -0.25) is 4.79 Å². The summed E-state index contributed by atoms with van der Waals surface area (Å²) in [6, 6.07) is 15.2. The van der Waals surface area contributed by atoms with Gasteiger partial charge >= 0.3 is 0 Å². The Hall–Kier alpha value is -2.60. The molecule has 1 heterocycles. The van der Waals surface area contributed by atoms with Gasteiger partial charge in [-0.05, 0) is 49.9 Å². The summed E-state index contributed by atoms with van der Waals surface area (Å²) in [5.41, 5.74) is 0.380. The molecule has 3 N–H and O–H groups in total.